The number of halogens is 1. The van der Waals surface area contributed by atoms with Gasteiger partial charge in [-0.15, -0.1) is 12.4 Å². The van der Waals surface area contributed by atoms with E-state index in [1.165, 1.54) is 0 Å². The fraction of sp³-hybridized carbons (Fsp3) is 0.857. The highest BCUT2D eigenvalue weighted by Crippen LogP contribution is 2.00. The molecule has 68 valence electrons. The van der Waals surface area contributed by atoms with Crippen molar-refractivity contribution in [3.63, 3.8) is 0 Å². The van der Waals surface area contributed by atoms with E-state index in [2.05, 4.69) is 0 Å². The van der Waals surface area contributed by atoms with Crippen LogP contribution in [0.1, 0.15) is 19.8 Å². The number of hydrogen-bond acceptors (Lipinski definition) is 2. The van der Waals surface area contributed by atoms with E-state index in [0.717, 1.165) is 6.42 Å². The zero-order chi connectivity index (χ0) is 8.15. The summed E-state index contributed by atoms with van der Waals surface area (Å²) in [7, 11) is 3.90. The summed E-state index contributed by atoms with van der Waals surface area (Å²) in [5, 5.41) is 8.33. The van der Waals surface area contributed by atoms with Crippen LogP contribution in [0.3, 0.4) is 0 Å². The van der Waals surface area contributed by atoms with Crippen molar-refractivity contribution in [1.82, 2.24) is 4.90 Å². The van der Waals surface area contributed by atoms with Crippen LogP contribution in [0, 0.1) is 0 Å². The van der Waals surface area contributed by atoms with Crippen LogP contribution in [-0.2, 0) is 4.79 Å². The SMILES string of the molecule is CC(CCC(=O)O)N(C)C.Cl. The molecule has 0 spiro atoms. The van der Waals surface area contributed by atoms with Crippen LogP contribution in [0.4, 0.5) is 0 Å². The molecule has 0 aromatic rings. The van der Waals surface area contributed by atoms with Gasteiger partial charge in [0.2, 0.25) is 0 Å². The van der Waals surface area contributed by atoms with Gasteiger partial charge in [-0.1, -0.05) is 0 Å². The van der Waals surface area contributed by atoms with Crippen LogP contribution < -0.4 is 0 Å². The first kappa shape index (κ1) is 13.3. The summed E-state index contributed by atoms with van der Waals surface area (Å²) in [5.74, 6) is -0.714. The number of aliphatic carboxylic acids is 1. The fourth-order valence-corrected chi connectivity index (χ4v) is 0.591. The van der Waals surface area contributed by atoms with Gasteiger partial charge in [0.15, 0.2) is 0 Å². The third kappa shape index (κ3) is 7.62. The summed E-state index contributed by atoms with van der Waals surface area (Å²) in [5.41, 5.74) is 0. The number of carboxylic acids is 1. The Balaban J connectivity index is 0. The summed E-state index contributed by atoms with van der Waals surface area (Å²) in [4.78, 5) is 12.1. The van der Waals surface area contributed by atoms with Crippen LogP contribution in [0.25, 0.3) is 0 Å². The minimum Gasteiger partial charge on any atom is -0.481 e. The van der Waals surface area contributed by atoms with Crippen molar-refractivity contribution >= 4 is 18.4 Å². The first-order chi connectivity index (χ1) is 4.54. The predicted octanol–water partition coefficient (Wildman–Crippen LogP) is 1.22. The Bertz CT molecular complexity index is 117. The van der Waals surface area contributed by atoms with E-state index in [1.807, 2.05) is 25.9 Å². The Labute approximate surface area is 73.8 Å². The van der Waals surface area contributed by atoms with Crippen molar-refractivity contribution in [2.45, 2.75) is 25.8 Å². The zero-order valence-corrected chi connectivity index (χ0v) is 8.02. The number of hydrogen-bond donors (Lipinski definition) is 1. The summed E-state index contributed by atoms with van der Waals surface area (Å²) in [6.07, 6.45) is 0.988. The largest absolute Gasteiger partial charge is 0.481 e. The molecule has 0 saturated heterocycles. The molecule has 0 saturated carbocycles. The molecule has 0 amide bonds. The maximum absolute atomic E-state index is 10.1. The molecule has 0 aromatic carbocycles. The second-order valence-corrected chi connectivity index (χ2v) is 2.75. The topological polar surface area (TPSA) is 40.5 Å². The molecule has 1 unspecified atom stereocenters. The van der Waals surface area contributed by atoms with Gasteiger partial charge in [0.1, 0.15) is 0 Å². The molecule has 0 aliphatic rings. The van der Waals surface area contributed by atoms with Crippen LogP contribution >= 0.6 is 12.4 Å². The zero-order valence-electron chi connectivity index (χ0n) is 7.20. The van der Waals surface area contributed by atoms with Crippen molar-refractivity contribution in [1.29, 1.82) is 0 Å². The first-order valence-corrected chi connectivity index (χ1v) is 3.42. The first-order valence-electron chi connectivity index (χ1n) is 3.42. The van der Waals surface area contributed by atoms with E-state index >= 15 is 0 Å². The lowest BCUT2D eigenvalue weighted by Crippen LogP contribution is -2.25. The Morgan fingerprint density at radius 3 is 2.27 bits per heavy atom. The van der Waals surface area contributed by atoms with Crippen molar-refractivity contribution in [2.75, 3.05) is 14.1 Å². The molecule has 1 atom stereocenters. The van der Waals surface area contributed by atoms with Gasteiger partial charge >= 0.3 is 5.97 Å². The van der Waals surface area contributed by atoms with Gasteiger partial charge in [-0.2, -0.15) is 0 Å². The fourth-order valence-electron chi connectivity index (χ4n) is 0.591. The number of carbonyl (C=O) groups is 1. The molecule has 0 aromatic heterocycles. The highest BCUT2D eigenvalue weighted by molar-refractivity contribution is 5.85. The molecule has 3 nitrogen and oxygen atoms in total. The van der Waals surface area contributed by atoms with Gasteiger partial charge in [0.05, 0.1) is 0 Å². The average Bonchev–Trinajstić information content (AvgIpc) is 1.82. The van der Waals surface area contributed by atoms with E-state index < -0.39 is 5.97 Å². The highest BCUT2D eigenvalue weighted by Gasteiger charge is 2.05. The highest BCUT2D eigenvalue weighted by atomic mass is 35.5. The van der Waals surface area contributed by atoms with Crippen molar-refractivity contribution in [2.24, 2.45) is 0 Å². The molecule has 0 aliphatic heterocycles. The molecule has 0 fully saturated rings. The molecule has 0 heterocycles. The Morgan fingerprint density at radius 2 is 2.00 bits per heavy atom. The second kappa shape index (κ2) is 6.43. The lowest BCUT2D eigenvalue weighted by Gasteiger charge is -2.18. The minimum atomic E-state index is -0.714. The molecule has 1 N–H and O–H groups in total. The Hall–Kier alpha value is -0.280. The van der Waals surface area contributed by atoms with Gasteiger partial charge in [-0.25, -0.2) is 0 Å². The van der Waals surface area contributed by atoms with Crippen molar-refractivity contribution in [3.05, 3.63) is 0 Å². The molecule has 0 rings (SSSR count). The quantitative estimate of drug-likeness (QED) is 0.709. The second-order valence-electron chi connectivity index (χ2n) is 2.75. The van der Waals surface area contributed by atoms with Crippen molar-refractivity contribution in [3.8, 4) is 0 Å². The Kier molecular flexibility index (Phi) is 7.79. The lowest BCUT2D eigenvalue weighted by molar-refractivity contribution is -0.137. The molecule has 0 aliphatic carbocycles. The molecular formula is C7H16ClNO2. The lowest BCUT2D eigenvalue weighted by atomic mass is 10.2. The van der Waals surface area contributed by atoms with Gasteiger partial charge in [-0.05, 0) is 27.4 Å². The molecule has 0 radical (unpaired) electrons. The Morgan fingerprint density at radius 1 is 1.55 bits per heavy atom. The van der Waals surface area contributed by atoms with E-state index in [0.29, 0.717) is 6.04 Å². The van der Waals surface area contributed by atoms with E-state index in [1.54, 1.807) is 0 Å². The van der Waals surface area contributed by atoms with Crippen molar-refractivity contribution < 1.29 is 9.90 Å². The van der Waals surface area contributed by atoms with Gasteiger partial charge in [-0.3, -0.25) is 4.79 Å². The normalized spacial score (nSPS) is 12.4. The molecular weight excluding hydrogens is 166 g/mol. The maximum Gasteiger partial charge on any atom is 0.303 e. The van der Waals surface area contributed by atoms with Gasteiger partial charge < -0.3 is 10.0 Å². The van der Waals surface area contributed by atoms with Crippen LogP contribution in [0.5, 0.6) is 0 Å². The number of carboxylic acid groups (broad SMARTS) is 1. The standard InChI is InChI=1S/C7H15NO2.ClH/c1-6(8(2)3)4-5-7(9)10;/h6H,4-5H2,1-3H3,(H,9,10);1H. The number of nitrogens with zero attached hydrogens (tertiary/aromatic N) is 1. The van der Waals surface area contributed by atoms with E-state index in [9.17, 15) is 4.79 Å². The summed E-state index contributed by atoms with van der Waals surface area (Å²) in [6, 6.07) is 0.357. The van der Waals surface area contributed by atoms with Crippen LogP contribution in [0.15, 0.2) is 0 Å². The summed E-state index contributed by atoms with van der Waals surface area (Å²) in [6.45, 7) is 2.02. The number of rotatable bonds is 4. The van der Waals surface area contributed by atoms with Crippen LogP contribution in [0.2, 0.25) is 0 Å². The average molecular weight is 182 g/mol. The van der Waals surface area contributed by atoms with Gasteiger partial charge in [0, 0.05) is 12.5 Å². The minimum absolute atomic E-state index is 0. The molecule has 11 heavy (non-hydrogen) atoms. The van der Waals surface area contributed by atoms with Crippen LogP contribution in [-0.4, -0.2) is 36.1 Å². The van der Waals surface area contributed by atoms with Gasteiger partial charge in [0.25, 0.3) is 0 Å². The summed E-state index contributed by atoms with van der Waals surface area (Å²) < 4.78 is 0. The maximum atomic E-state index is 10.1. The third-order valence-electron chi connectivity index (χ3n) is 1.66. The van der Waals surface area contributed by atoms with E-state index in [-0.39, 0.29) is 18.8 Å². The summed E-state index contributed by atoms with van der Waals surface area (Å²) >= 11 is 0. The van der Waals surface area contributed by atoms with E-state index in [4.69, 9.17) is 5.11 Å². The molecule has 4 heteroatoms. The third-order valence-corrected chi connectivity index (χ3v) is 1.66. The smallest absolute Gasteiger partial charge is 0.303 e. The monoisotopic (exact) mass is 181 g/mol. The predicted molar refractivity (Wildman–Crippen MR) is 47.3 cm³/mol. The molecule has 0 bridgehead atoms.